The van der Waals surface area contributed by atoms with Gasteiger partial charge in [-0.25, -0.2) is 0 Å². The van der Waals surface area contributed by atoms with Crippen molar-refractivity contribution in [2.45, 2.75) is 73.8 Å². The maximum atomic E-state index is 8.36. The van der Waals surface area contributed by atoms with Gasteiger partial charge < -0.3 is 23.8 Å². The topological polar surface area (TPSA) is 100 Å². The number of benzene rings is 3. The van der Waals surface area contributed by atoms with Crippen molar-refractivity contribution in [1.82, 2.24) is 0 Å². The van der Waals surface area contributed by atoms with Gasteiger partial charge >= 0.3 is 0 Å². The third kappa shape index (κ3) is 14.3. The van der Waals surface area contributed by atoms with E-state index >= 15 is 0 Å². The van der Waals surface area contributed by atoms with Crippen LogP contribution in [0.25, 0.3) is 0 Å². The molecule has 8 heteroatoms. The average molecular weight is 600 g/mol. The van der Waals surface area contributed by atoms with Crippen LogP contribution < -0.4 is 15.0 Å². The molecular weight excluding hydrogens is 549 g/mol. The first kappa shape index (κ1) is 37.1. The van der Waals surface area contributed by atoms with Gasteiger partial charge in [-0.2, -0.15) is 0 Å². The largest absolute Gasteiger partial charge is 0.485 e. The summed E-state index contributed by atoms with van der Waals surface area (Å²) in [4.78, 5) is 8.36. The third-order valence-corrected chi connectivity index (χ3v) is 7.34. The lowest BCUT2D eigenvalue weighted by Gasteiger charge is -2.18. The van der Waals surface area contributed by atoms with Gasteiger partial charge in [0.2, 0.25) is 0 Å². The van der Waals surface area contributed by atoms with E-state index in [0.29, 0.717) is 18.9 Å². The van der Waals surface area contributed by atoms with Gasteiger partial charge in [-0.3, -0.25) is 10.3 Å². The first-order valence-corrected chi connectivity index (χ1v) is 15.8. The standard InChI is InChI=1S/C28H36NO4P.C5H12.CH2O2/c1-20(2)26-15-24(11-12-28(26)31-18-30-5)16-27-21(3)13-25(14-22(27)4)32-19-34(29)33-17-23-9-7-6-8-10-23;1-4-5(2)3;2-1-3/h6-15,20H,16-19,29H2,1-5H3;5H,4H2,1-3H3;1H,(H,2,3). The van der Waals surface area contributed by atoms with Gasteiger partial charge in [0.25, 0.3) is 6.47 Å². The normalized spacial score (nSPS) is 11.2. The molecular formula is C34H50NO6P. The molecule has 3 rings (SSSR count). The van der Waals surface area contributed by atoms with Crippen LogP contribution in [0.5, 0.6) is 11.5 Å². The number of methoxy groups -OCH3 is 1. The molecule has 0 aromatic heterocycles. The van der Waals surface area contributed by atoms with Crippen molar-refractivity contribution in [3.63, 3.8) is 0 Å². The molecule has 0 aliphatic heterocycles. The average Bonchev–Trinajstić information content (AvgIpc) is 2.97. The monoisotopic (exact) mass is 599 g/mol. The number of hydrogen-bond acceptors (Lipinski definition) is 6. The van der Waals surface area contributed by atoms with Crippen molar-refractivity contribution in [3.8, 4) is 11.5 Å². The highest BCUT2D eigenvalue weighted by Crippen LogP contribution is 2.32. The first-order chi connectivity index (χ1) is 20.1. The maximum Gasteiger partial charge on any atom is 0.290 e. The lowest BCUT2D eigenvalue weighted by molar-refractivity contribution is -0.122. The third-order valence-electron chi connectivity index (χ3n) is 6.49. The van der Waals surface area contributed by atoms with Crippen LogP contribution in [-0.4, -0.2) is 31.8 Å². The van der Waals surface area contributed by atoms with Crippen molar-refractivity contribution in [2.75, 3.05) is 20.3 Å². The van der Waals surface area contributed by atoms with E-state index in [2.05, 4.69) is 72.7 Å². The molecule has 0 saturated heterocycles. The van der Waals surface area contributed by atoms with E-state index in [-0.39, 0.29) is 13.3 Å². The Bertz CT molecular complexity index is 1150. The van der Waals surface area contributed by atoms with Gasteiger partial charge in [0.05, 0.1) is 6.61 Å². The van der Waals surface area contributed by atoms with E-state index in [1.165, 1.54) is 34.2 Å². The van der Waals surface area contributed by atoms with E-state index in [1.807, 2.05) is 36.4 Å². The minimum absolute atomic E-state index is 0.250. The molecule has 232 valence electrons. The molecule has 0 aliphatic carbocycles. The number of aryl methyl sites for hydroxylation is 2. The summed E-state index contributed by atoms with van der Waals surface area (Å²) in [5.41, 5.74) is 13.4. The molecule has 7 nitrogen and oxygen atoms in total. The van der Waals surface area contributed by atoms with Crippen LogP contribution in [0.3, 0.4) is 0 Å². The molecule has 3 aromatic carbocycles. The minimum atomic E-state index is -1.16. The summed E-state index contributed by atoms with van der Waals surface area (Å²) in [7, 11) is 0.478. The van der Waals surface area contributed by atoms with E-state index in [4.69, 9.17) is 34.1 Å². The van der Waals surface area contributed by atoms with Gasteiger partial charge in [-0.15, -0.1) is 0 Å². The Morgan fingerprint density at radius 3 is 2.05 bits per heavy atom. The molecule has 0 spiro atoms. The van der Waals surface area contributed by atoms with Crippen LogP contribution in [0.1, 0.15) is 80.3 Å². The van der Waals surface area contributed by atoms with Gasteiger partial charge in [-0.1, -0.05) is 83.5 Å². The number of nitrogens with two attached hydrogens (primary N) is 1. The van der Waals surface area contributed by atoms with Crippen LogP contribution in [0.4, 0.5) is 0 Å². The van der Waals surface area contributed by atoms with E-state index < -0.39 is 8.30 Å². The first-order valence-electron chi connectivity index (χ1n) is 14.3. The van der Waals surface area contributed by atoms with Crippen molar-refractivity contribution < 1.29 is 28.6 Å². The molecule has 0 saturated carbocycles. The summed E-state index contributed by atoms with van der Waals surface area (Å²) < 4.78 is 22.6. The van der Waals surface area contributed by atoms with E-state index in [9.17, 15) is 0 Å². The second-order valence-corrected chi connectivity index (χ2v) is 12.0. The number of rotatable bonds is 13. The number of carboxylic acid groups (broad SMARTS) is 1. The Balaban J connectivity index is 0.000000978. The molecule has 3 aromatic rings. The van der Waals surface area contributed by atoms with E-state index in [1.54, 1.807) is 7.11 Å². The zero-order chi connectivity index (χ0) is 31.5. The number of carbonyl (C=O) groups is 1. The van der Waals surface area contributed by atoms with Gasteiger partial charge in [0.1, 0.15) is 26.1 Å². The smallest absolute Gasteiger partial charge is 0.290 e. The zero-order valence-electron chi connectivity index (χ0n) is 26.6. The van der Waals surface area contributed by atoms with Crippen molar-refractivity contribution in [1.29, 1.82) is 0 Å². The predicted octanol–water partition coefficient (Wildman–Crippen LogP) is 8.58. The highest BCUT2D eigenvalue weighted by Gasteiger charge is 2.13. The summed E-state index contributed by atoms with van der Waals surface area (Å²) in [6.45, 7) is 15.8. The molecule has 0 bridgehead atoms. The highest BCUT2D eigenvalue weighted by molar-refractivity contribution is 7.49. The fourth-order valence-corrected chi connectivity index (χ4v) is 4.51. The van der Waals surface area contributed by atoms with Gasteiger partial charge in [0, 0.05) is 7.11 Å². The van der Waals surface area contributed by atoms with Crippen molar-refractivity contribution in [2.24, 2.45) is 11.4 Å². The predicted molar refractivity (Wildman–Crippen MR) is 173 cm³/mol. The van der Waals surface area contributed by atoms with E-state index in [0.717, 1.165) is 29.4 Å². The van der Waals surface area contributed by atoms with Crippen molar-refractivity contribution >= 4 is 14.8 Å². The zero-order valence-corrected chi connectivity index (χ0v) is 27.4. The number of hydrogen-bond donors (Lipinski definition) is 2. The Morgan fingerprint density at radius 1 is 0.929 bits per heavy atom. The molecule has 0 aliphatic rings. The van der Waals surface area contributed by atoms with Crippen LogP contribution in [0.15, 0.2) is 60.7 Å². The van der Waals surface area contributed by atoms with Crippen LogP contribution in [-0.2, 0) is 27.1 Å². The van der Waals surface area contributed by atoms with Gasteiger partial charge in [-0.05, 0) is 83.7 Å². The van der Waals surface area contributed by atoms with Crippen LogP contribution in [0.2, 0.25) is 0 Å². The lowest BCUT2D eigenvalue weighted by atomic mass is 9.93. The summed E-state index contributed by atoms with van der Waals surface area (Å²) in [5, 5.41) is 6.89. The maximum absolute atomic E-state index is 8.36. The van der Waals surface area contributed by atoms with Crippen molar-refractivity contribution in [3.05, 3.63) is 94.0 Å². The summed E-state index contributed by atoms with van der Waals surface area (Å²) in [6, 6.07) is 20.6. The second kappa shape index (κ2) is 20.8. The summed E-state index contributed by atoms with van der Waals surface area (Å²) >= 11 is 0. The molecule has 1 unspecified atom stereocenters. The van der Waals surface area contributed by atoms with Gasteiger partial charge in [0.15, 0.2) is 6.79 Å². The molecule has 1 atom stereocenters. The second-order valence-electron chi connectivity index (χ2n) is 10.6. The Morgan fingerprint density at radius 2 is 1.52 bits per heavy atom. The summed E-state index contributed by atoms with van der Waals surface area (Å²) in [6.07, 6.45) is 2.52. The van der Waals surface area contributed by atoms with Crippen LogP contribution >= 0.6 is 8.30 Å². The molecule has 0 radical (unpaired) electrons. The summed E-state index contributed by atoms with van der Waals surface area (Å²) in [5.74, 6) is 2.95. The fourth-order valence-electron chi connectivity index (χ4n) is 3.84. The molecule has 0 heterocycles. The molecule has 0 fully saturated rings. The molecule has 0 amide bonds. The lowest BCUT2D eigenvalue weighted by Crippen LogP contribution is -2.06. The Kier molecular flexibility index (Phi) is 18.4. The Hall–Kier alpha value is -2.96. The quantitative estimate of drug-likeness (QED) is 0.115. The Labute approximate surface area is 254 Å². The number of ether oxygens (including phenoxy) is 3. The molecule has 3 N–H and O–H groups in total. The SMILES string of the molecule is CCC(C)C.COCOc1ccc(Cc2c(C)cc(OCP(N)OCc3ccccc3)cc2C)cc1C(C)C.O=CO. The molecule has 42 heavy (non-hydrogen) atoms. The minimum Gasteiger partial charge on any atom is -0.485 e. The fraction of sp³-hybridized carbons (Fsp3) is 0.441. The van der Waals surface area contributed by atoms with Crippen LogP contribution in [0, 0.1) is 19.8 Å². The highest BCUT2D eigenvalue weighted by atomic mass is 31.2.